The average Bonchev–Trinajstić information content (AvgIpc) is 3.65. The van der Waals surface area contributed by atoms with Crippen LogP contribution in [0.15, 0.2) is 16.9 Å². The Labute approximate surface area is 420 Å². The molecule has 3 heterocycles. The van der Waals surface area contributed by atoms with E-state index in [9.17, 15) is 44.7 Å². The number of methoxy groups -OCH3 is 2. The van der Waals surface area contributed by atoms with E-state index in [1.54, 1.807) is 6.92 Å². The van der Waals surface area contributed by atoms with Gasteiger partial charge in [0.1, 0.15) is 18.0 Å². The third-order valence-corrected chi connectivity index (χ3v) is 11.3. The molecule has 19 nitrogen and oxygen atoms in total. The topological polar surface area (TPSA) is 281 Å². The number of ether oxygens (including phenoxy) is 6. The predicted octanol–water partition coefficient (Wildman–Crippen LogP) is -6.84. The number of benzene rings is 1. The van der Waals surface area contributed by atoms with Gasteiger partial charge in [0, 0.05) is 48.4 Å². The first-order chi connectivity index (χ1) is 30.1. The fraction of sp³-hybridized carbons (Fsp3) is 0.605. The van der Waals surface area contributed by atoms with E-state index in [0.29, 0.717) is 48.0 Å². The molecule has 6 atom stereocenters. The largest absolute Gasteiger partial charge is 1.00 e. The van der Waals surface area contributed by atoms with E-state index in [2.05, 4.69) is 5.32 Å². The zero-order valence-corrected chi connectivity index (χ0v) is 42.4. The van der Waals surface area contributed by atoms with Gasteiger partial charge in [0.2, 0.25) is 0 Å². The summed E-state index contributed by atoms with van der Waals surface area (Å²) in [6.07, 6.45) is -0.288. The first kappa shape index (κ1) is 58.8. The third kappa shape index (κ3) is 14.1. The number of halogens is 1. The van der Waals surface area contributed by atoms with Crippen molar-refractivity contribution in [3.05, 3.63) is 61.7 Å². The van der Waals surface area contributed by atoms with Crippen LogP contribution >= 0.6 is 0 Å². The van der Waals surface area contributed by atoms with Gasteiger partial charge in [0.25, 0.3) is 5.56 Å². The average molecular weight is 938 g/mol. The second-order valence-corrected chi connectivity index (χ2v) is 15.1. The Balaban J connectivity index is 0.000000735. The van der Waals surface area contributed by atoms with Gasteiger partial charge in [-0.3, -0.25) is 9.59 Å². The number of carbonyl (C=O) groups is 3. The molecule has 0 amide bonds. The summed E-state index contributed by atoms with van der Waals surface area (Å²) in [6, 6.07) is 2.26. The number of aromatic nitrogens is 2. The molecular weight excluding hydrogens is 879 g/mol. The number of carbonyl (C=O) groups excluding carboxylic acids is 3. The second-order valence-electron chi connectivity index (χ2n) is 15.1. The van der Waals surface area contributed by atoms with E-state index in [-0.39, 0.29) is 140 Å². The molecule has 2 aliphatic rings. The van der Waals surface area contributed by atoms with Crippen LogP contribution in [0.3, 0.4) is 0 Å². The number of Topliss-reactive ketones (excluding diaryl/α,β-unsaturated/α-hetero) is 1. The summed E-state index contributed by atoms with van der Waals surface area (Å²) in [5.74, 6) is -3.80. The number of rotatable bonds is 25. The van der Waals surface area contributed by atoms with Gasteiger partial charge >= 0.3 is 59.1 Å². The molecule has 0 fully saturated rings. The van der Waals surface area contributed by atoms with E-state index in [1.165, 1.54) is 37.8 Å². The molecule has 0 radical (unpaired) electrons. The molecule has 0 saturated carbocycles. The van der Waals surface area contributed by atoms with Crippen molar-refractivity contribution >= 4 is 28.6 Å². The SMILES string of the molecule is CCC(CO)OC(COCC(=O)CN[C@H]1CCc2c(C)c(F)cc3nc4c(c1c23)Cn1c-4cc([C@@](O)(CC)C(=O)[O-])c(CO)c1=O)OC.CCC(CO)OC(COCC(=O)[O-])OC.[Na+].[Na+]. The van der Waals surface area contributed by atoms with Crippen LogP contribution in [-0.2, 0) is 68.0 Å². The summed E-state index contributed by atoms with van der Waals surface area (Å²) >= 11 is 0. The molecule has 0 saturated heterocycles. The van der Waals surface area contributed by atoms with Gasteiger partial charge in [0.15, 0.2) is 18.4 Å². The van der Waals surface area contributed by atoms with Crippen molar-refractivity contribution in [2.45, 2.75) is 109 Å². The molecule has 1 aliphatic carbocycles. The van der Waals surface area contributed by atoms with Gasteiger partial charge < -0.3 is 78.5 Å². The van der Waals surface area contributed by atoms with Crippen molar-refractivity contribution in [1.82, 2.24) is 14.9 Å². The number of ketones is 1. The molecule has 4 unspecified atom stereocenters. The summed E-state index contributed by atoms with van der Waals surface area (Å²) in [6.45, 7) is 4.94. The minimum atomic E-state index is -2.55. The van der Waals surface area contributed by atoms with Crippen molar-refractivity contribution in [2.24, 2.45) is 0 Å². The Kier molecular flexibility index (Phi) is 25.0. The maximum atomic E-state index is 15.1. The Morgan fingerprint density at radius 1 is 0.954 bits per heavy atom. The molecule has 2 aromatic heterocycles. The number of aliphatic hydroxyl groups excluding tert-OH is 3. The second kappa shape index (κ2) is 27.6. The summed E-state index contributed by atoms with van der Waals surface area (Å²) in [5.41, 5.74) is -0.294. The molecule has 3 aromatic rings. The van der Waals surface area contributed by atoms with Crippen LogP contribution in [0.1, 0.15) is 85.9 Å². The normalized spacial score (nSPS) is 16.4. The van der Waals surface area contributed by atoms with Crippen LogP contribution in [0.4, 0.5) is 4.39 Å². The van der Waals surface area contributed by atoms with Gasteiger partial charge in [-0.05, 0) is 61.8 Å². The van der Waals surface area contributed by atoms with E-state index in [0.717, 1.165) is 16.5 Å². The standard InChI is InChI=1S/C34H42FN3O10.C9H18O6.2Na/c1-5-19(13-39)48-28(46-4)16-47-15-18(41)11-36-25-8-7-20-17(3)24(35)10-26-29(20)30(25)21-12-38-27(31(21)37-26)9-23(22(14-40)32(38)42)34(45,6-2)33(43)44;1-3-7(4-10)15-9(13-2)6-14-5-8(11)12;;/h9-10,19,25,28,36,39-40,45H,5-8,11-16H2,1-4H3,(H,43,44);7,9-10H,3-6H2,1-2H3,(H,11,12);;/q;;2*+1/p-2/t19?,25-,28?,34-;;;/m0.../s1. The van der Waals surface area contributed by atoms with Crippen LogP contribution in [0, 0.1) is 12.7 Å². The van der Waals surface area contributed by atoms with Gasteiger partial charge in [-0.2, -0.15) is 0 Å². The number of carboxylic acids is 2. The summed E-state index contributed by atoms with van der Waals surface area (Å²) < 4.78 is 47.8. The van der Waals surface area contributed by atoms with Crippen LogP contribution in [0.5, 0.6) is 0 Å². The summed E-state index contributed by atoms with van der Waals surface area (Å²) in [4.78, 5) is 53.4. The number of nitrogens with zero attached hydrogens (tertiary/aromatic N) is 2. The molecule has 22 heteroatoms. The minimum Gasteiger partial charge on any atom is -0.548 e. The molecule has 1 aliphatic heterocycles. The number of carboxylic acid groups (broad SMARTS) is 2. The van der Waals surface area contributed by atoms with E-state index < -0.39 is 66.9 Å². The Bertz CT molecular complexity index is 2140. The van der Waals surface area contributed by atoms with Crippen LogP contribution in [0.2, 0.25) is 0 Å². The number of aryl methyl sites for hydroxylation is 1. The van der Waals surface area contributed by atoms with Crippen LogP contribution in [-0.4, -0.2) is 133 Å². The van der Waals surface area contributed by atoms with Gasteiger partial charge in [-0.1, -0.05) is 20.8 Å². The smallest absolute Gasteiger partial charge is 0.548 e. The Hall–Kier alpha value is -2.32. The number of hydrogen-bond donors (Lipinski definition) is 5. The third-order valence-electron chi connectivity index (χ3n) is 11.3. The van der Waals surface area contributed by atoms with E-state index in [4.69, 9.17) is 38.5 Å². The fourth-order valence-corrected chi connectivity index (χ4v) is 7.60. The van der Waals surface area contributed by atoms with Crippen LogP contribution < -0.4 is 80.2 Å². The number of aliphatic carboxylic acids is 2. The molecule has 65 heavy (non-hydrogen) atoms. The zero-order valence-electron chi connectivity index (χ0n) is 38.4. The summed E-state index contributed by atoms with van der Waals surface area (Å²) in [7, 11) is 2.85. The first-order valence-electron chi connectivity index (χ1n) is 20.7. The molecular formula is C43H58FN3Na2O16. The van der Waals surface area contributed by atoms with Crippen molar-refractivity contribution in [3.63, 3.8) is 0 Å². The maximum absolute atomic E-state index is 15.1. The minimum absolute atomic E-state index is 0. The number of hydrogen-bond acceptors (Lipinski definition) is 18. The summed E-state index contributed by atoms with van der Waals surface area (Å²) in [5, 5.41) is 65.5. The van der Waals surface area contributed by atoms with Crippen molar-refractivity contribution in [1.29, 1.82) is 0 Å². The van der Waals surface area contributed by atoms with Crippen molar-refractivity contribution in [3.8, 4) is 11.4 Å². The molecule has 1 aromatic carbocycles. The number of aliphatic hydroxyl groups is 4. The number of nitrogens with one attached hydrogen (secondary N) is 1. The maximum Gasteiger partial charge on any atom is 1.00 e. The molecule has 350 valence electrons. The first-order valence-corrected chi connectivity index (χ1v) is 20.7. The van der Waals surface area contributed by atoms with Crippen molar-refractivity contribution in [2.75, 3.05) is 60.4 Å². The molecule has 0 bridgehead atoms. The predicted molar refractivity (Wildman–Crippen MR) is 217 cm³/mol. The number of fused-ring (bicyclic) bond motifs is 4. The Morgan fingerprint density at radius 3 is 2.03 bits per heavy atom. The van der Waals surface area contributed by atoms with E-state index >= 15 is 4.39 Å². The van der Waals surface area contributed by atoms with Crippen LogP contribution in [0.25, 0.3) is 22.3 Å². The fourth-order valence-electron chi connectivity index (χ4n) is 7.60. The molecule has 0 spiro atoms. The number of pyridine rings is 2. The Morgan fingerprint density at radius 2 is 1.54 bits per heavy atom. The van der Waals surface area contributed by atoms with E-state index in [1.807, 2.05) is 13.8 Å². The molecule has 5 rings (SSSR count). The van der Waals surface area contributed by atoms with Crippen molar-refractivity contribution < 1.29 is 137 Å². The van der Waals surface area contributed by atoms with Gasteiger partial charge in [-0.15, -0.1) is 0 Å². The molecule has 5 N–H and O–H groups in total. The van der Waals surface area contributed by atoms with Gasteiger partial charge in [0.05, 0.1) is 93.8 Å². The van der Waals surface area contributed by atoms with Gasteiger partial charge in [-0.25, -0.2) is 9.37 Å². The monoisotopic (exact) mass is 937 g/mol. The quantitative estimate of drug-likeness (QED) is 0.0305. The zero-order chi connectivity index (χ0) is 46.6.